The van der Waals surface area contributed by atoms with Crippen molar-refractivity contribution in [2.75, 3.05) is 23.3 Å². The highest BCUT2D eigenvalue weighted by Gasteiger charge is 2.20. The molecule has 0 fully saturated rings. The average Bonchev–Trinajstić information content (AvgIpc) is 2.46. The van der Waals surface area contributed by atoms with Crippen LogP contribution in [0, 0.1) is 18.3 Å². The summed E-state index contributed by atoms with van der Waals surface area (Å²) in [7, 11) is 0. The number of fused-ring (bicyclic) bond motifs is 1. The summed E-state index contributed by atoms with van der Waals surface area (Å²) >= 11 is 3.64. The molecule has 3 rings (SSSR count). The Labute approximate surface area is 127 Å². The van der Waals surface area contributed by atoms with Crippen molar-refractivity contribution in [3.8, 4) is 6.07 Å². The smallest absolute Gasteiger partial charge is 0.0992 e. The zero-order valence-corrected chi connectivity index (χ0v) is 12.7. The third-order valence-corrected chi connectivity index (χ3v) is 4.10. The molecule has 1 aliphatic heterocycles. The maximum atomic E-state index is 9.09. The van der Waals surface area contributed by atoms with E-state index in [1.54, 1.807) is 0 Å². The lowest BCUT2D eigenvalue weighted by atomic mass is 10.1. The Balaban J connectivity index is 2.11. The van der Waals surface area contributed by atoms with Gasteiger partial charge >= 0.3 is 0 Å². The maximum absolute atomic E-state index is 9.09. The van der Waals surface area contributed by atoms with Gasteiger partial charge in [-0.25, -0.2) is 0 Å². The Hall–Kier alpha value is -1.99. The second-order valence-electron chi connectivity index (χ2n) is 4.88. The van der Waals surface area contributed by atoms with E-state index in [0.29, 0.717) is 5.56 Å². The molecule has 20 heavy (non-hydrogen) atoms. The SMILES string of the molecule is Cc1ccc(N2CCNc3ccc(C#N)cc32)c(Br)c1. The Bertz CT molecular complexity index is 703. The molecule has 0 saturated heterocycles. The van der Waals surface area contributed by atoms with E-state index in [9.17, 15) is 0 Å². The molecule has 0 aromatic heterocycles. The van der Waals surface area contributed by atoms with E-state index in [-0.39, 0.29) is 0 Å². The number of rotatable bonds is 1. The van der Waals surface area contributed by atoms with Crippen molar-refractivity contribution in [1.29, 1.82) is 5.26 Å². The third-order valence-electron chi connectivity index (χ3n) is 3.46. The molecule has 0 amide bonds. The van der Waals surface area contributed by atoms with Gasteiger partial charge < -0.3 is 10.2 Å². The van der Waals surface area contributed by atoms with Crippen molar-refractivity contribution in [2.45, 2.75) is 6.92 Å². The minimum atomic E-state index is 0.681. The van der Waals surface area contributed by atoms with Gasteiger partial charge in [0.25, 0.3) is 0 Å². The molecule has 0 saturated carbocycles. The fraction of sp³-hybridized carbons (Fsp3) is 0.188. The number of halogens is 1. The van der Waals surface area contributed by atoms with Crippen LogP contribution in [0.1, 0.15) is 11.1 Å². The van der Waals surface area contributed by atoms with Crippen LogP contribution >= 0.6 is 15.9 Å². The first-order chi connectivity index (χ1) is 9.69. The summed E-state index contributed by atoms with van der Waals surface area (Å²) in [6, 6.07) is 14.3. The van der Waals surface area contributed by atoms with Gasteiger partial charge in [-0.3, -0.25) is 0 Å². The summed E-state index contributed by atoms with van der Waals surface area (Å²) in [6.07, 6.45) is 0. The standard InChI is InChI=1S/C16H14BrN3/c1-11-2-5-15(13(17)8-11)20-7-6-19-14-4-3-12(10-18)9-16(14)20/h2-5,8-9,19H,6-7H2,1H3. The van der Waals surface area contributed by atoms with Gasteiger partial charge in [-0.1, -0.05) is 6.07 Å². The highest BCUT2D eigenvalue weighted by Crippen LogP contribution is 2.38. The lowest BCUT2D eigenvalue weighted by Gasteiger charge is -2.33. The van der Waals surface area contributed by atoms with Gasteiger partial charge in [-0.2, -0.15) is 5.26 Å². The van der Waals surface area contributed by atoms with Crippen LogP contribution in [0.4, 0.5) is 17.1 Å². The van der Waals surface area contributed by atoms with Gasteiger partial charge in [0.05, 0.1) is 28.7 Å². The number of benzene rings is 2. The van der Waals surface area contributed by atoms with Crippen molar-refractivity contribution in [3.05, 3.63) is 52.0 Å². The lowest BCUT2D eigenvalue weighted by Crippen LogP contribution is -2.30. The Morgan fingerprint density at radius 2 is 2.05 bits per heavy atom. The lowest BCUT2D eigenvalue weighted by molar-refractivity contribution is 0.924. The molecule has 1 aliphatic rings. The van der Waals surface area contributed by atoms with Crippen molar-refractivity contribution in [1.82, 2.24) is 0 Å². The summed E-state index contributed by atoms with van der Waals surface area (Å²) in [6.45, 7) is 3.84. The summed E-state index contributed by atoms with van der Waals surface area (Å²) < 4.78 is 1.08. The number of nitriles is 1. The molecule has 2 aromatic rings. The monoisotopic (exact) mass is 327 g/mol. The first-order valence-corrected chi connectivity index (χ1v) is 7.30. The Kier molecular flexibility index (Phi) is 3.37. The maximum Gasteiger partial charge on any atom is 0.0992 e. The van der Waals surface area contributed by atoms with E-state index in [1.807, 2.05) is 18.2 Å². The molecule has 1 N–H and O–H groups in total. The van der Waals surface area contributed by atoms with Crippen LogP contribution in [0.3, 0.4) is 0 Å². The average molecular weight is 328 g/mol. The van der Waals surface area contributed by atoms with Crippen LogP contribution in [0.2, 0.25) is 0 Å². The van der Waals surface area contributed by atoms with Crippen LogP contribution in [-0.2, 0) is 0 Å². The first kappa shape index (κ1) is 13.0. The van der Waals surface area contributed by atoms with Gasteiger partial charge in [0.15, 0.2) is 0 Å². The molecule has 0 aliphatic carbocycles. The van der Waals surface area contributed by atoms with Gasteiger partial charge in [-0.15, -0.1) is 0 Å². The highest BCUT2D eigenvalue weighted by atomic mass is 79.9. The van der Waals surface area contributed by atoms with Crippen LogP contribution in [-0.4, -0.2) is 13.1 Å². The van der Waals surface area contributed by atoms with Crippen molar-refractivity contribution >= 4 is 33.0 Å². The number of nitrogens with one attached hydrogen (secondary N) is 1. The molecule has 0 atom stereocenters. The molecule has 0 bridgehead atoms. The van der Waals surface area contributed by atoms with Crippen LogP contribution < -0.4 is 10.2 Å². The van der Waals surface area contributed by atoms with E-state index in [4.69, 9.17) is 5.26 Å². The molecular formula is C16H14BrN3. The fourth-order valence-electron chi connectivity index (χ4n) is 2.48. The van der Waals surface area contributed by atoms with Gasteiger partial charge in [0.2, 0.25) is 0 Å². The third kappa shape index (κ3) is 2.25. The molecule has 100 valence electrons. The summed E-state index contributed by atoms with van der Waals surface area (Å²) in [4.78, 5) is 2.25. The Morgan fingerprint density at radius 3 is 2.80 bits per heavy atom. The van der Waals surface area contributed by atoms with Crippen LogP contribution in [0.25, 0.3) is 0 Å². The predicted octanol–water partition coefficient (Wildman–Crippen LogP) is 4.19. The molecule has 2 aromatic carbocycles. The number of anilines is 3. The van der Waals surface area contributed by atoms with Crippen molar-refractivity contribution in [3.63, 3.8) is 0 Å². The second kappa shape index (κ2) is 5.18. The number of aryl methyl sites for hydroxylation is 1. The van der Waals surface area contributed by atoms with Crippen LogP contribution in [0.5, 0.6) is 0 Å². The summed E-state index contributed by atoms with van der Waals surface area (Å²) in [5.41, 5.74) is 5.17. The largest absolute Gasteiger partial charge is 0.382 e. The van der Waals surface area contributed by atoms with E-state index in [1.165, 1.54) is 5.56 Å². The highest BCUT2D eigenvalue weighted by molar-refractivity contribution is 9.10. The van der Waals surface area contributed by atoms with Gasteiger partial charge in [0.1, 0.15) is 0 Å². The molecule has 0 radical (unpaired) electrons. The summed E-state index contributed by atoms with van der Waals surface area (Å²) in [5, 5.41) is 12.5. The minimum Gasteiger partial charge on any atom is -0.382 e. The second-order valence-corrected chi connectivity index (χ2v) is 5.73. The first-order valence-electron chi connectivity index (χ1n) is 6.51. The molecule has 4 heteroatoms. The summed E-state index contributed by atoms with van der Waals surface area (Å²) in [5.74, 6) is 0. The number of hydrogen-bond acceptors (Lipinski definition) is 3. The molecule has 0 spiro atoms. The predicted molar refractivity (Wildman–Crippen MR) is 85.5 cm³/mol. The van der Waals surface area contributed by atoms with Crippen molar-refractivity contribution < 1.29 is 0 Å². The quantitative estimate of drug-likeness (QED) is 0.853. The molecular weight excluding hydrogens is 314 g/mol. The number of hydrogen-bond donors (Lipinski definition) is 1. The minimum absolute atomic E-state index is 0.681. The van der Waals surface area contributed by atoms with Gasteiger partial charge in [-0.05, 0) is 58.7 Å². The van der Waals surface area contributed by atoms with E-state index >= 15 is 0 Å². The molecule has 0 unspecified atom stereocenters. The zero-order chi connectivity index (χ0) is 14.1. The fourth-order valence-corrected chi connectivity index (χ4v) is 3.19. The van der Waals surface area contributed by atoms with Crippen LogP contribution in [0.15, 0.2) is 40.9 Å². The van der Waals surface area contributed by atoms with E-state index in [0.717, 1.165) is 34.6 Å². The molecule has 3 nitrogen and oxygen atoms in total. The zero-order valence-electron chi connectivity index (χ0n) is 11.2. The normalized spacial score (nSPS) is 13.3. The van der Waals surface area contributed by atoms with E-state index < -0.39 is 0 Å². The number of nitrogens with zero attached hydrogens (tertiary/aromatic N) is 2. The van der Waals surface area contributed by atoms with E-state index in [2.05, 4.69) is 57.3 Å². The topological polar surface area (TPSA) is 39.1 Å². The van der Waals surface area contributed by atoms with Gasteiger partial charge in [0, 0.05) is 17.6 Å². The Morgan fingerprint density at radius 1 is 1.20 bits per heavy atom. The van der Waals surface area contributed by atoms with Crippen molar-refractivity contribution in [2.24, 2.45) is 0 Å². The molecule has 1 heterocycles.